The van der Waals surface area contributed by atoms with Crippen LogP contribution in [0.15, 0.2) is 53.6 Å². The third kappa shape index (κ3) is 6.12. The minimum absolute atomic E-state index is 0.177. The number of hydrazone groups is 1. The number of hydrogen-bond donors (Lipinski definition) is 2. The van der Waals surface area contributed by atoms with Crippen molar-refractivity contribution in [1.82, 2.24) is 5.43 Å². The van der Waals surface area contributed by atoms with Crippen LogP contribution in [0.25, 0.3) is 0 Å². The molecule has 0 aromatic heterocycles. The first-order chi connectivity index (χ1) is 11.3. The molecule has 0 heterocycles. The quantitative estimate of drug-likeness (QED) is 0.504. The van der Waals surface area contributed by atoms with E-state index in [4.69, 9.17) is 10.5 Å². The van der Waals surface area contributed by atoms with E-state index in [0.717, 1.165) is 16.9 Å². The monoisotopic (exact) mass is 325 g/mol. The molecule has 0 radical (unpaired) electrons. The van der Waals surface area contributed by atoms with E-state index >= 15 is 0 Å². The molecular formula is C19H23N3O2. The van der Waals surface area contributed by atoms with Crippen molar-refractivity contribution in [2.24, 2.45) is 5.10 Å². The van der Waals surface area contributed by atoms with Gasteiger partial charge in [0.2, 0.25) is 5.91 Å². The number of nitrogens with zero attached hydrogens (tertiary/aromatic N) is 1. The molecule has 3 N–H and O–H groups in total. The first-order valence-electron chi connectivity index (χ1n) is 7.77. The van der Waals surface area contributed by atoms with E-state index in [1.807, 2.05) is 57.2 Å². The second-order valence-electron chi connectivity index (χ2n) is 6.50. The maximum Gasteiger partial charge on any atom is 0.244 e. The first kappa shape index (κ1) is 17.5. The Balaban J connectivity index is 1.84. The van der Waals surface area contributed by atoms with Crippen LogP contribution in [-0.2, 0) is 11.2 Å². The van der Waals surface area contributed by atoms with Crippen molar-refractivity contribution >= 4 is 17.8 Å². The van der Waals surface area contributed by atoms with Gasteiger partial charge in [-0.2, -0.15) is 5.10 Å². The Morgan fingerprint density at radius 3 is 2.33 bits per heavy atom. The summed E-state index contributed by atoms with van der Waals surface area (Å²) in [7, 11) is 0. The predicted octanol–water partition coefficient (Wildman–Crippen LogP) is 3.14. The second-order valence-corrected chi connectivity index (χ2v) is 6.50. The van der Waals surface area contributed by atoms with Crippen LogP contribution in [0, 0.1) is 0 Å². The van der Waals surface area contributed by atoms with E-state index in [0.29, 0.717) is 5.69 Å². The Kier molecular flexibility index (Phi) is 5.58. The molecule has 0 atom stereocenters. The lowest BCUT2D eigenvalue weighted by Gasteiger charge is -2.21. The highest BCUT2D eigenvalue weighted by Crippen LogP contribution is 2.17. The molecule has 0 fully saturated rings. The number of carbonyl (C=O) groups excluding carboxylic acids is 1. The zero-order chi connectivity index (χ0) is 17.6. The van der Waals surface area contributed by atoms with Gasteiger partial charge in [-0.15, -0.1) is 0 Å². The Hall–Kier alpha value is -2.82. The van der Waals surface area contributed by atoms with Crippen LogP contribution in [0.5, 0.6) is 5.75 Å². The Bertz CT molecular complexity index is 699. The van der Waals surface area contributed by atoms with E-state index in [1.54, 1.807) is 18.3 Å². The molecule has 126 valence electrons. The van der Waals surface area contributed by atoms with Crippen molar-refractivity contribution < 1.29 is 9.53 Å². The molecule has 2 aromatic carbocycles. The standard InChI is InChI=1S/C19H23N3O2/c1-19(2,3)24-17-10-6-15(7-11-17)13-21-22-18(23)12-14-4-8-16(20)9-5-14/h4-11,13H,12,20H2,1-3H3,(H,22,23)/b21-13-. The minimum atomic E-state index is -0.230. The minimum Gasteiger partial charge on any atom is -0.488 e. The summed E-state index contributed by atoms with van der Waals surface area (Å²) in [6, 6.07) is 14.7. The van der Waals surface area contributed by atoms with Crippen LogP contribution >= 0.6 is 0 Å². The first-order valence-corrected chi connectivity index (χ1v) is 7.77. The summed E-state index contributed by atoms with van der Waals surface area (Å²) in [5.74, 6) is 0.621. The van der Waals surface area contributed by atoms with Gasteiger partial charge in [0, 0.05) is 5.69 Å². The van der Waals surface area contributed by atoms with Crippen LogP contribution in [-0.4, -0.2) is 17.7 Å². The summed E-state index contributed by atoms with van der Waals surface area (Å²) in [6.45, 7) is 6.00. The topological polar surface area (TPSA) is 76.7 Å². The number of rotatable bonds is 5. The fraction of sp³-hybridized carbons (Fsp3) is 0.263. The van der Waals surface area contributed by atoms with Gasteiger partial charge in [-0.3, -0.25) is 4.79 Å². The summed E-state index contributed by atoms with van der Waals surface area (Å²) < 4.78 is 5.75. The largest absolute Gasteiger partial charge is 0.488 e. The van der Waals surface area contributed by atoms with E-state index in [1.165, 1.54) is 0 Å². The summed E-state index contributed by atoms with van der Waals surface area (Å²) in [4.78, 5) is 11.8. The van der Waals surface area contributed by atoms with E-state index in [-0.39, 0.29) is 17.9 Å². The molecule has 1 amide bonds. The van der Waals surface area contributed by atoms with Crippen molar-refractivity contribution in [3.8, 4) is 5.75 Å². The van der Waals surface area contributed by atoms with Gasteiger partial charge in [0.05, 0.1) is 12.6 Å². The van der Waals surface area contributed by atoms with Crippen LogP contribution in [0.1, 0.15) is 31.9 Å². The summed E-state index contributed by atoms with van der Waals surface area (Å²) in [6.07, 6.45) is 1.86. The number of ether oxygens (including phenoxy) is 1. The van der Waals surface area contributed by atoms with Crippen molar-refractivity contribution in [2.75, 3.05) is 5.73 Å². The highest BCUT2D eigenvalue weighted by atomic mass is 16.5. The molecule has 0 bridgehead atoms. The van der Waals surface area contributed by atoms with Crippen LogP contribution in [0.3, 0.4) is 0 Å². The Morgan fingerprint density at radius 2 is 1.75 bits per heavy atom. The number of carbonyl (C=O) groups is 1. The van der Waals surface area contributed by atoms with Gasteiger partial charge in [-0.05, 0) is 68.3 Å². The Morgan fingerprint density at radius 1 is 1.12 bits per heavy atom. The number of nitrogens with one attached hydrogen (secondary N) is 1. The highest BCUT2D eigenvalue weighted by Gasteiger charge is 2.11. The van der Waals surface area contributed by atoms with Gasteiger partial charge < -0.3 is 10.5 Å². The molecule has 0 aliphatic rings. The molecule has 0 unspecified atom stereocenters. The number of hydrogen-bond acceptors (Lipinski definition) is 4. The fourth-order valence-electron chi connectivity index (χ4n) is 2.01. The number of nitrogen functional groups attached to an aromatic ring is 1. The third-order valence-electron chi connectivity index (χ3n) is 3.05. The Labute approximate surface area is 142 Å². The van der Waals surface area contributed by atoms with Gasteiger partial charge in [0.1, 0.15) is 11.4 Å². The van der Waals surface area contributed by atoms with Crippen molar-refractivity contribution in [3.63, 3.8) is 0 Å². The van der Waals surface area contributed by atoms with Crippen LogP contribution in [0.2, 0.25) is 0 Å². The zero-order valence-electron chi connectivity index (χ0n) is 14.2. The lowest BCUT2D eigenvalue weighted by Crippen LogP contribution is -2.22. The molecule has 0 aliphatic heterocycles. The van der Waals surface area contributed by atoms with Gasteiger partial charge in [0.25, 0.3) is 0 Å². The smallest absolute Gasteiger partial charge is 0.244 e. The molecule has 2 rings (SSSR count). The van der Waals surface area contributed by atoms with Crippen molar-refractivity contribution in [2.45, 2.75) is 32.8 Å². The molecular weight excluding hydrogens is 302 g/mol. The van der Waals surface area contributed by atoms with Crippen molar-refractivity contribution in [3.05, 3.63) is 59.7 Å². The highest BCUT2D eigenvalue weighted by molar-refractivity contribution is 5.83. The maximum absolute atomic E-state index is 11.8. The van der Waals surface area contributed by atoms with E-state index in [2.05, 4.69) is 10.5 Å². The average molecular weight is 325 g/mol. The van der Waals surface area contributed by atoms with Crippen LogP contribution in [0.4, 0.5) is 5.69 Å². The number of benzene rings is 2. The molecule has 24 heavy (non-hydrogen) atoms. The summed E-state index contributed by atoms with van der Waals surface area (Å²) in [5, 5.41) is 3.97. The maximum atomic E-state index is 11.8. The average Bonchev–Trinajstić information content (AvgIpc) is 2.50. The molecule has 0 saturated heterocycles. The molecule has 5 nitrogen and oxygen atoms in total. The van der Waals surface area contributed by atoms with E-state index in [9.17, 15) is 4.79 Å². The number of anilines is 1. The van der Waals surface area contributed by atoms with E-state index < -0.39 is 0 Å². The van der Waals surface area contributed by atoms with Crippen LogP contribution < -0.4 is 15.9 Å². The predicted molar refractivity (Wildman–Crippen MR) is 97.1 cm³/mol. The van der Waals surface area contributed by atoms with Gasteiger partial charge in [-0.25, -0.2) is 5.43 Å². The summed E-state index contributed by atoms with van der Waals surface area (Å²) in [5.41, 5.74) is 10.3. The number of amides is 1. The van der Waals surface area contributed by atoms with Gasteiger partial charge in [-0.1, -0.05) is 12.1 Å². The summed E-state index contributed by atoms with van der Waals surface area (Å²) >= 11 is 0. The number of nitrogens with two attached hydrogens (primary N) is 1. The lowest BCUT2D eigenvalue weighted by atomic mass is 10.1. The second kappa shape index (κ2) is 7.64. The van der Waals surface area contributed by atoms with Crippen molar-refractivity contribution in [1.29, 1.82) is 0 Å². The third-order valence-corrected chi connectivity index (χ3v) is 3.05. The normalized spacial score (nSPS) is 11.5. The van der Waals surface area contributed by atoms with Gasteiger partial charge in [0.15, 0.2) is 0 Å². The molecule has 2 aromatic rings. The zero-order valence-corrected chi connectivity index (χ0v) is 14.2. The van der Waals surface area contributed by atoms with Gasteiger partial charge >= 0.3 is 0 Å². The molecule has 5 heteroatoms. The molecule has 0 aliphatic carbocycles. The molecule has 0 spiro atoms. The fourth-order valence-corrected chi connectivity index (χ4v) is 2.01. The molecule has 0 saturated carbocycles. The lowest BCUT2D eigenvalue weighted by molar-refractivity contribution is -0.120. The SMILES string of the molecule is CC(C)(C)Oc1ccc(/C=N\NC(=O)Cc2ccc(N)cc2)cc1.